The van der Waals surface area contributed by atoms with Gasteiger partial charge in [0.05, 0.1) is 56.7 Å². The molecule has 0 saturated heterocycles. The second kappa shape index (κ2) is 12.2. The highest BCUT2D eigenvalue weighted by atomic mass is 15.2. The van der Waals surface area contributed by atoms with E-state index in [1.165, 1.54) is 5.39 Å². The molecule has 0 spiro atoms. The second-order valence-electron chi connectivity index (χ2n) is 14.1. The minimum Gasteiger partial charge on any atom is -0.307 e. The maximum Gasteiger partial charge on any atom is 0.235 e. The molecule has 0 radical (unpaired) electrons. The molecule has 0 aliphatic heterocycles. The summed E-state index contributed by atoms with van der Waals surface area (Å²) in [5.74, 6) is 0.556. The van der Waals surface area contributed by atoms with Crippen molar-refractivity contribution in [3.63, 3.8) is 0 Å². The summed E-state index contributed by atoms with van der Waals surface area (Å²) < 4.78 is 4.60. The summed E-state index contributed by atoms with van der Waals surface area (Å²) in [4.78, 5) is 10.8. The Hall–Kier alpha value is -8.06. The van der Waals surface area contributed by atoms with Gasteiger partial charge in [-0.05, 0) is 88.3 Å². The molecule has 0 atom stereocenters. The molecule has 3 heterocycles. The fourth-order valence-electron chi connectivity index (χ4n) is 8.33. The van der Waals surface area contributed by atoms with E-state index in [9.17, 15) is 10.5 Å². The largest absolute Gasteiger partial charge is 0.307 e. The molecule has 3 aromatic heterocycles. The fourth-order valence-corrected chi connectivity index (χ4v) is 8.33. The number of hydrogen-bond donors (Lipinski definition) is 0. The van der Waals surface area contributed by atoms with Crippen LogP contribution in [0.25, 0.3) is 99.3 Å². The van der Waals surface area contributed by atoms with Crippen LogP contribution < -0.4 is 0 Å². The van der Waals surface area contributed by atoms with Crippen LogP contribution in [-0.4, -0.2) is 19.1 Å². The van der Waals surface area contributed by atoms with Gasteiger partial charge in [0.25, 0.3) is 0 Å². The Bertz CT molecular complexity index is 3390. The highest BCUT2D eigenvalue weighted by molar-refractivity contribution is 6.23. The molecule has 6 nitrogen and oxygen atoms in total. The molecule has 6 heteroatoms. The summed E-state index contributed by atoms with van der Waals surface area (Å²) >= 11 is 0. The normalized spacial score (nSPS) is 11.5. The third-order valence-corrected chi connectivity index (χ3v) is 10.9. The molecule has 0 saturated carbocycles. The standard InChI is InChI=1S/C50H28N6/c51-29-31-14-16-35-26-37(20-18-33(35)24-31)44-28-45(38-21-19-34-25-32(30-52)15-17-36(34)27-38)54-50(53-44)56-47-13-7-5-11-41(47)43-23-22-42-40-10-4-6-12-46(40)55(48(42)49(43)56)39-8-2-1-3-9-39/h1-28H. The molecule has 258 valence electrons. The monoisotopic (exact) mass is 712 g/mol. The molecule has 56 heavy (non-hydrogen) atoms. The Balaban J connectivity index is 1.25. The predicted octanol–water partition coefficient (Wildman–Crippen LogP) is 12.1. The third-order valence-electron chi connectivity index (χ3n) is 10.9. The molecule has 0 aliphatic rings. The van der Waals surface area contributed by atoms with Gasteiger partial charge in [0.2, 0.25) is 5.95 Å². The molecule has 0 aliphatic carbocycles. The topological polar surface area (TPSA) is 83.2 Å². The zero-order chi connectivity index (χ0) is 37.3. The molecule has 8 aromatic carbocycles. The van der Waals surface area contributed by atoms with E-state index in [2.05, 4.69) is 155 Å². The Morgan fingerprint density at radius 1 is 0.393 bits per heavy atom. The van der Waals surface area contributed by atoms with Crippen molar-refractivity contribution in [1.29, 1.82) is 10.5 Å². The van der Waals surface area contributed by atoms with Crippen molar-refractivity contribution in [1.82, 2.24) is 19.1 Å². The van der Waals surface area contributed by atoms with Gasteiger partial charge >= 0.3 is 0 Å². The van der Waals surface area contributed by atoms with E-state index in [-0.39, 0.29) is 0 Å². The van der Waals surface area contributed by atoms with Crippen LogP contribution in [0.3, 0.4) is 0 Å². The van der Waals surface area contributed by atoms with Crippen LogP contribution in [-0.2, 0) is 0 Å². The number of nitrogens with zero attached hydrogens (tertiary/aromatic N) is 6. The zero-order valence-electron chi connectivity index (χ0n) is 29.8. The van der Waals surface area contributed by atoms with Crippen LogP contribution in [0.4, 0.5) is 0 Å². The minimum absolute atomic E-state index is 0.556. The number of nitriles is 2. The van der Waals surface area contributed by atoms with Crippen LogP contribution >= 0.6 is 0 Å². The molecule has 11 rings (SSSR count). The highest BCUT2D eigenvalue weighted by Gasteiger charge is 2.23. The Morgan fingerprint density at radius 2 is 0.857 bits per heavy atom. The summed E-state index contributed by atoms with van der Waals surface area (Å²) in [6.07, 6.45) is 0. The van der Waals surface area contributed by atoms with Gasteiger partial charge in [-0.2, -0.15) is 10.5 Å². The van der Waals surface area contributed by atoms with Crippen LogP contribution in [0.15, 0.2) is 170 Å². The number of para-hydroxylation sites is 3. The molecule has 11 aromatic rings. The number of aromatic nitrogens is 4. The van der Waals surface area contributed by atoms with Crippen LogP contribution in [0.2, 0.25) is 0 Å². The lowest BCUT2D eigenvalue weighted by Crippen LogP contribution is -2.05. The van der Waals surface area contributed by atoms with E-state index >= 15 is 0 Å². The number of fused-ring (bicyclic) bond motifs is 9. The first-order chi connectivity index (χ1) is 27.6. The quantitative estimate of drug-likeness (QED) is 0.182. The lowest BCUT2D eigenvalue weighted by molar-refractivity contribution is 0.995. The number of benzene rings is 8. The predicted molar refractivity (Wildman–Crippen MR) is 226 cm³/mol. The van der Waals surface area contributed by atoms with Gasteiger partial charge in [-0.1, -0.05) is 103 Å². The van der Waals surface area contributed by atoms with Gasteiger partial charge in [0.15, 0.2) is 0 Å². The van der Waals surface area contributed by atoms with Crippen molar-refractivity contribution < 1.29 is 0 Å². The van der Waals surface area contributed by atoms with Crippen LogP contribution in [0.1, 0.15) is 11.1 Å². The Morgan fingerprint density at radius 3 is 1.41 bits per heavy atom. The van der Waals surface area contributed by atoms with E-state index in [1.54, 1.807) is 0 Å². The van der Waals surface area contributed by atoms with Crippen molar-refractivity contribution in [2.24, 2.45) is 0 Å². The van der Waals surface area contributed by atoms with Crippen molar-refractivity contribution in [3.8, 4) is 46.3 Å². The third kappa shape index (κ3) is 4.81. The molecule has 0 unspecified atom stereocenters. The fraction of sp³-hybridized carbons (Fsp3) is 0. The van der Waals surface area contributed by atoms with E-state index in [0.29, 0.717) is 17.1 Å². The molecular weight excluding hydrogens is 685 g/mol. The van der Waals surface area contributed by atoms with Crippen LogP contribution in [0.5, 0.6) is 0 Å². The molecule has 0 fully saturated rings. The van der Waals surface area contributed by atoms with Gasteiger partial charge in [-0.3, -0.25) is 4.57 Å². The second-order valence-corrected chi connectivity index (χ2v) is 14.1. The summed E-state index contributed by atoms with van der Waals surface area (Å²) in [5, 5.41) is 27.6. The summed E-state index contributed by atoms with van der Waals surface area (Å²) in [5.41, 5.74) is 10.00. The molecule has 0 N–H and O–H groups in total. The highest BCUT2D eigenvalue weighted by Crippen LogP contribution is 2.42. The Labute approximate surface area is 321 Å². The average molecular weight is 713 g/mol. The van der Waals surface area contributed by atoms with Gasteiger partial charge in [-0.25, -0.2) is 9.97 Å². The lowest BCUT2D eigenvalue weighted by atomic mass is 10.0. The summed E-state index contributed by atoms with van der Waals surface area (Å²) in [6, 6.07) is 62.7. The summed E-state index contributed by atoms with van der Waals surface area (Å²) in [6.45, 7) is 0. The minimum atomic E-state index is 0.556. The maximum atomic E-state index is 9.54. The van der Waals surface area contributed by atoms with E-state index in [4.69, 9.17) is 9.97 Å². The number of hydrogen-bond acceptors (Lipinski definition) is 4. The van der Waals surface area contributed by atoms with E-state index in [1.807, 2.05) is 36.4 Å². The Kier molecular flexibility index (Phi) is 6.88. The van der Waals surface area contributed by atoms with Gasteiger partial charge in [-0.15, -0.1) is 0 Å². The van der Waals surface area contributed by atoms with Crippen molar-refractivity contribution in [2.45, 2.75) is 0 Å². The number of rotatable bonds is 4. The SMILES string of the molecule is N#Cc1ccc2cc(-c3cc(-c4ccc5cc(C#N)ccc5c4)nc(-n4c5ccccc5c5ccc6c7ccccc7n(-c7ccccc7)c6c54)n3)ccc2c1. The van der Waals surface area contributed by atoms with Crippen LogP contribution in [0, 0.1) is 22.7 Å². The molecule has 0 bridgehead atoms. The maximum absolute atomic E-state index is 9.54. The lowest BCUT2D eigenvalue weighted by Gasteiger charge is -2.14. The smallest absolute Gasteiger partial charge is 0.235 e. The first-order valence-electron chi connectivity index (χ1n) is 18.4. The van der Waals surface area contributed by atoms with E-state index in [0.717, 1.165) is 88.0 Å². The molecular formula is C50H28N6. The zero-order valence-corrected chi connectivity index (χ0v) is 29.8. The van der Waals surface area contributed by atoms with Gasteiger partial charge in [0, 0.05) is 38.4 Å². The van der Waals surface area contributed by atoms with Crippen molar-refractivity contribution >= 4 is 65.2 Å². The first-order valence-corrected chi connectivity index (χ1v) is 18.4. The first kappa shape index (κ1) is 31.5. The van der Waals surface area contributed by atoms with Gasteiger partial charge in [0.1, 0.15) is 0 Å². The van der Waals surface area contributed by atoms with Crippen molar-refractivity contribution in [3.05, 3.63) is 181 Å². The average Bonchev–Trinajstić information content (AvgIpc) is 3.79. The van der Waals surface area contributed by atoms with Crippen molar-refractivity contribution in [2.75, 3.05) is 0 Å². The molecule has 0 amide bonds. The summed E-state index contributed by atoms with van der Waals surface area (Å²) in [7, 11) is 0. The van der Waals surface area contributed by atoms with E-state index < -0.39 is 0 Å². The van der Waals surface area contributed by atoms with Gasteiger partial charge < -0.3 is 4.57 Å².